The molecule has 1 fully saturated rings. The lowest BCUT2D eigenvalue weighted by Gasteiger charge is -2.35. The summed E-state index contributed by atoms with van der Waals surface area (Å²) in [6, 6.07) is 9.87. The molecule has 2 aromatic carbocycles. The predicted octanol–water partition coefficient (Wildman–Crippen LogP) is 5.72. The summed E-state index contributed by atoms with van der Waals surface area (Å²) in [6.07, 6.45) is 4.24. The summed E-state index contributed by atoms with van der Waals surface area (Å²) in [5, 5.41) is 3.14. The first-order valence-corrected chi connectivity index (χ1v) is 12.2. The minimum absolute atomic E-state index is 0.0772. The van der Waals surface area contributed by atoms with Crippen molar-refractivity contribution in [3.05, 3.63) is 76.6 Å². The quantitative estimate of drug-likeness (QED) is 0.426. The second-order valence-electron chi connectivity index (χ2n) is 9.20. The number of nitrogens with zero attached hydrogens (tertiary/aromatic N) is 2. The van der Waals surface area contributed by atoms with Crippen molar-refractivity contribution in [2.24, 2.45) is 0 Å². The molecule has 0 bridgehead atoms. The minimum atomic E-state index is -0.715. The number of hydrogen-bond acceptors (Lipinski definition) is 6. The standard InChI is InChI=1S/C27H27ClF2N4O2/c1-15-11-34(12-16(2)36-15)13-19-10-32-24-6-3-17(7-20(19)24)18-8-25(27(31)33-9-18)35-14-21-22(29)4-5-23(30)26(21)28/h3-9,13,15-16,32H,10-12,14H2,1-2H3,(H2,31,33). The summed E-state index contributed by atoms with van der Waals surface area (Å²) in [4.78, 5) is 6.56. The Balaban J connectivity index is 1.40. The van der Waals surface area contributed by atoms with Gasteiger partial charge in [0.2, 0.25) is 0 Å². The SMILES string of the molecule is CC1CN(C=C2CNc3ccc(-c4cnc(N)c(OCc5c(F)ccc(F)c5Cl)c4)cc32)CC(C)O1. The van der Waals surface area contributed by atoms with Crippen LogP contribution < -0.4 is 15.8 Å². The molecule has 0 radical (unpaired) electrons. The normalized spacial score (nSPS) is 20.4. The van der Waals surface area contributed by atoms with E-state index in [1.54, 1.807) is 12.3 Å². The van der Waals surface area contributed by atoms with E-state index in [-0.39, 0.29) is 41.0 Å². The van der Waals surface area contributed by atoms with E-state index in [0.717, 1.165) is 54.1 Å². The van der Waals surface area contributed by atoms with Gasteiger partial charge < -0.3 is 25.4 Å². The molecule has 3 N–H and O–H groups in total. The van der Waals surface area contributed by atoms with Gasteiger partial charge in [0, 0.05) is 54.4 Å². The Morgan fingerprint density at radius 3 is 2.67 bits per heavy atom. The smallest absolute Gasteiger partial charge is 0.166 e. The number of halogens is 3. The molecule has 0 aliphatic carbocycles. The number of aromatic nitrogens is 1. The molecule has 9 heteroatoms. The fourth-order valence-electron chi connectivity index (χ4n) is 4.67. The molecule has 1 saturated heterocycles. The maximum Gasteiger partial charge on any atom is 0.166 e. The van der Waals surface area contributed by atoms with Crippen molar-refractivity contribution in [2.75, 3.05) is 30.7 Å². The Morgan fingerprint density at radius 2 is 1.89 bits per heavy atom. The minimum Gasteiger partial charge on any atom is -0.485 e. The Kier molecular flexibility index (Phi) is 6.73. The molecule has 0 spiro atoms. The van der Waals surface area contributed by atoms with Crippen LogP contribution >= 0.6 is 11.6 Å². The van der Waals surface area contributed by atoms with Crippen molar-refractivity contribution in [3.63, 3.8) is 0 Å². The van der Waals surface area contributed by atoms with E-state index in [4.69, 9.17) is 26.8 Å². The third-order valence-corrected chi connectivity index (χ3v) is 6.76. The van der Waals surface area contributed by atoms with Crippen molar-refractivity contribution in [3.8, 4) is 16.9 Å². The number of nitrogens with one attached hydrogen (secondary N) is 1. The van der Waals surface area contributed by atoms with E-state index in [1.165, 1.54) is 5.57 Å². The third-order valence-electron chi connectivity index (χ3n) is 6.35. The molecule has 3 heterocycles. The molecule has 1 aromatic heterocycles. The van der Waals surface area contributed by atoms with E-state index in [2.05, 4.69) is 41.3 Å². The summed E-state index contributed by atoms with van der Waals surface area (Å²) in [5.41, 5.74) is 11.0. The summed E-state index contributed by atoms with van der Waals surface area (Å²) in [7, 11) is 0. The second kappa shape index (κ2) is 9.95. The van der Waals surface area contributed by atoms with Crippen molar-refractivity contribution in [1.82, 2.24) is 9.88 Å². The molecule has 0 saturated carbocycles. The van der Waals surface area contributed by atoms with Crippen molar-refractivity contribution in [2.45, 2.75) is 32.7 Å². The Labute approximate surface area is 213 Å². The first kappa shape index (κ1) is 24.3. The number of pyridine rings is 1. The first-order valence-electron chi connectivity index (χ1n) is 11.8. The molecule has 2 atom stereocenters. The summed E-state index contributed by atoms with van der Waals surface area (Å²) >= 11 is 5.92. The molecule has 3 aromatic rings. The third kappa shape index (κ3) is 4.96. The Hall–Kier alpha value is -3.36. The Morgan fingerprint density at radius 1 is 1.14 bits per heavy atom. The number of rotatable bonds is 5. The maximum absolute atomic E-state index is 14.2. The number of anilines is 2. The molecular formula is C27H27ClF2N4O2. The molecule has 6 nitrogen and oxygen atoms in total. The highest BCUT2D eigenvalue weighted by Gasteiger charge is 2.23. The number of hydrogen-bond donors (Lipinski definition) is 2. The summed E-state index contributed by atoms with van der Waals surface area (Å²) in [5.74, 6) is -0.963. The fraction of sp³-hybridized carbons (Fsp3) is 0.296. The largest absolute Gasteiger partial charge is 0.485 e. The highest BCUT2D eigenvalue weighted by molar-refractivity contribution is 6.31. The van der Waals surface area contributed by atoms with Crippen molar-refractivity contribution in [1.29, 1.82) is 0 Å². The lowest BCUT2D eigenvalue weighted by atomic mass is 10.0. The lowest BCUT2D eigenvalue weighted by molar-refractivity contribution is -0.0539. The van der Waals surface area contributed by atoms with Crippen LogP contribution in [0.2, 0.25) is 5.02 Å². The number of fused-ring (bicyclic) bond motifs is 1. The second-order valence-corrected chi connectivity index (χ2v) is 9.58. The molecule has 36 heavy (non-hydrogen) atoms. The van der Waals surface area contributed by atoms with Gasteiger partial charge in [0.15, 0.2) is 11.6 Å². The van der Waals surface area contributed by atoms with Crippen LogP contribution in [0.3, 0.4) is 0 Å². The molecule has 188 valence electrons. The number of nitrogens with two attached hydrogens (primary N) is 1. The average molecular weight is 513 g/mol. The van der Waals surface area contributed by atoms with Gasteiger partial charge in [0.05, 0.1) is 17.2 Å². The zero-order valence-electron chi connectivity index (χ0n) is 20.0. The van der Waals surface area contributed by atoms with Crippen LogP contribution in [-0.2, 0) is 11.3 Å². The van der Waals surface area contributed by atoms with Crippen LogP contribution in [0.1, 0.15) is 25.0 Å². The summed E-state index contributed by atoms with van der Waals surface area (Å²) in [6.45, 7) is 6.33. The van der Waals surface area contributed by atoms with Crippen LogP contribution in [0, 0.1) is 11.6 Å². The van der Waals surface area contributed by atoms with Gasteiger partial charge in [-0.2, -0.15) is 0 Å². The van der Waals surface area contributed by atoms with Gasteiger partial charge in [0.25, 0.3) is 0 Å². The number of ether oxygens (including phenoxy) is 2. The molecular weight excluding hydrogens is 486 g/mol. The van der Waals surface area contributed by atoms with Crippen LogP contribution in [0.5, 0.6) is 5.75 Å². The zero-order chi connectivity index (χ0) is 25.4. The zero-order valence-corrected chi connectivity index (χ0v) is 20.8. The van der Waals surface area contributed by atoms with E-state index in [1.807, 2.05) is 12.1 Å². The Bertz CT molecular complexity index is 1320. The lowest BCUT2D eigenvalue weighted by Crippen LogP contribution is -2.42. The van der Waals surface area contributed by atoms with E-state index in [9.17, 15) is 8.78 Å². The first-order chi connectivity index (χ1) is 17.3. The highest BCUT2D eigenvalue weighted by atomic mass is 35.5. The number of nitrogen functional groups attached to an aromatic ring is 1. The van der Waals surface area contributed by atoms with E-state index >= 15 is 0 Å². The molecule has 2 unspecified atom stereocenters. The van der Waals surface area contributed by atoms with Gasteiger partial charge >= 0.3 is 0 Å². The fourth-order valence-corrected chi connectivity index (χ4v) is 4.88. The van der Waals surface area contributed by atoms with E-state index in [0.29, 0.717) is 0 Å². The monoisotopic (exact) mass is 512 g/mol. The summed E-state index contributed by atoms with van der Waals surface area (Å²) < 4.78 is 39.5. The number of benzene rings is 2. The number of morpholine rings is 1. The van der Waals surface area contributed by atoms with Crippen LogP contribution in [0.15, 0.2) is 48.8 Å². The van der Waals surface area contributed by atoms with Crippen LogP contribution in [0.4, 0.5) is 20.3 Å². The maximum atomic E-state index is 14.2. The van der Waals surface area contributed by atoms with Crippen LogP contribution in [0.25, 0.3) is 16.7 Å². The van der Waals surface area contributed by atoms with Gasteiger partial charge in [-0.15, -0.1) is 0 Å². The van der Waals surface area contributed by atoms with Gasteiger partial charge in [-0.05, 0) is 55.3 Å². The molecule has 5 rings (SSSR count). The topological polar surface area (TPSA) is 72.6 Å². The van der Waals surface area contributed by atoms with Gasteiger partial charge in [0.1, 0.15) is 18.2 Å². The highest BCUT2D eigenvalue weighted by Crippen LogP contribution is 2.36. The predicted molar refractivity (Wildman–Crippen MR) is 138 cm³/mol. The van der Waals surface area contributed by atoms with Gasteiger partial charge in [-0.1, -0.05) is 17.7 Å². The molecule has 2 aliphatic rings. The van der Waals surface area contributed by atoms with Crippen molar-refractivity contribution >= 4 is 28.7 Å². The molecule has 2 aliphatic heterocycles. The van der Waals surface area contributed by atoms with Gasteiger partial charge in [-0.25, -0.2) is 13.8 Å². The van der Waals surface area contributed by atoms with Crippen molar-refractivity contribution < 1.29 is 18.3 Å². The van der Waals surface area contributed by atoms with Gasteiger partial charge in [-0.3, -0.25) is 0 Å². The van der Waals surface area contributed by atoms with Crippen LogP contribution in [-0.4, -0.2) is 41.7 Å². The van der Waals surface area contributed by atoms with E-state index < -0.39 is 11.6 Å². The average Bonchev–Trinajstić information content (AvgIpc) is 3.24. The molecule has 0 amide bonds.